The number of nitrogens with zero attached hydrogens (tertiary/aromatic N) is 4. The number of aromatic nitrogens is 3. The Hall–Kier alpha value is -3.40. The maximum absolute atomic E-state index is 12.5. The predicted molar refractivity (Wildman–Crippen MR) is 154 cm³/mol. The van der Waals surface area contributed by atoms with Crippen LogP contribution in [0.15, 0.2) is 93.6 Å². The van der Waals surface area contributed by atoms with E-state index < -0.39 is 0 Å². The summed E-state index contributed by atoms with van der Waals surface area (Å²) in [5.41, 5.74) is 5.26. The Morgan fingerprint density at radius 2 is 1.81 bits per heavy atom. The lowest BCUT2D eigenvalue weighted by atomic mass is 10.2. The molecule has 7 nitrogen and oxygen atoms in total. The van der Waals surface area contributed by atoms with Crippen molar-refractivity contribution < 1.29 is 9.53 Å². The van der Waals surface area contributed by atoms with Crippen LogP contribution in [0.3, 0.4) is 0 Å². The SMILES string of the molecule is CCOc1ccc(-n2c(SCC(=O)NN=CC(Br)=Cc3ccccc3)nnc2-c2ccc(Cl)cc2)cc1. The quantitative estimate of drug-likeness (QED) is 0.126. The molecule has 0 atom stereocenters. The number of ether oxygens (including phenoxy) is 1. The first-order chi connectivity index (χ1) is 18.0. The zero-order valence-corrected chi connectivity index (χ0v) is 23.0. The van der Waals surface area contributed by atoms with E-state index in [4.69, 9.17) is 16.3 Å². The molecule has 0 unspecified atom stereocenters. The number of hydrogen-bond acceptors (Lipinski definition) is 6. The number of carbonyl (C=O) groups excluding carboxylic acids is 1. The minimum absolute atomic E-state index is 0.104. The number of rotatable bonds is 10. The Morgan fingerprint density at radius 1 is 1.08 bits per heavy atom. The summed E-state index contributed by atoms with van der Waals surface area (Å²) in [6, 6.07) is 24.8. The standard InChI is InChI=1S/C27H23BrClN5O2S/c1-2-36-24-14-12-23(13-15-24)34-26(20-8-10-22(29)11-9-20)32-33-27(34)37-18-25(35)31-30-17-21(28)16-19-6-4-3-5-7-19/h3-17H,2,18H2,1H3,(H,31,35). The highest BCUT2D eigenvalue weighted by Gasteiger charge is 2.17. The van der Waals surface area contributed by atoms with Gasteiger partial charge in [0.05, 0.1) is 18.6 Å². The third-order valence-electron chi connectivity index (χ3n) is 4.96. The van der Waals surface area contributed by atoms with Crippen LogP contribution in [-0.2, 0) is 4.79 Å². The number of hydrogen-bond donors (Lipinski definition) is 1. The van der Waals surface area contributed by atoms with E-state index in [-0.39, 0.29) is 11.7 Å². The fraction of sp³-hybridized carbons (Fsp3) is 0.111. The smallest absolute Gasteiger partial charge is 0.250 e. The number of amides is 1. The van der Waals surface area contributed by atoms with Gasteiger partial charge >= 0.3 is 0 Å². The first kappa shape index (κ1) is 26.7. The number of halogens is 2. The number of thioether (sulfide) groups is 1. The monoisotopic (exact) mass is 595 g/mol. The maximum atomic E-state index is 12.5. The van der Waals surface area contributed by atoms with Gasteiger partial charge in [-0.25, -0.2) is 5.43 Å². The van der Waals surface area contributed by atoms with Crippen molar-refractivity contribution >= 4 is 57.5 Å². The fourth-order valence-electron chi connectivity index (χ4n) is 3.31. The van der Waals surface area contributed by atoms with Crippen LogP contribution in [-0.4, -0.2) is 39.2 Å². The minimum atomic E-state index is -0.268. The Balaban J connectivity index is 1.48. The lowest BCUT2D eigenvalue weighted by Gasteiger charge is -2.11. The molecule has 0 aliphatic heterocycles. The van der Waals surface area contributed by atoms with Gasteiger partial charge in [-0.3, -0.25) is 9.36 Å². The molecule has 3 aromatic carbocycles. The fourth-order valence-corrected chi connectivity index (χ4v) is 4.55. The summed E-state index contributed by atoms with van der Waals surface area (Å²) in [5, 5.41) is 14.0. The zero-order chi connectivity index (χ0) is 26.0. The van der Waals surface area contributed by atoms with Crippen LogP contribution >= 0.6 is 39.3 Å². The minimum Gasteiger partial charge on any atom is -0.494 e. The Morgan fingerprint density at radius 3 is 2.51 bits per heavy atom. The lowest BCUT2D eigenvalue weighted by Crippen LogP contribution is -2.19. The molecule has 0 aliphatic carbocycles. The highest BCUT2D eigenvalue weighted by molar-refractivity contribution is 9.12. The molecule has 188 valence electrons. The van der Waals surface area contributed by atoms with E-state index in [1.807, 2.05) is 84.3 Å². The topological polar surface area (TPSA) is 81.4 Å². The van der Waals surface area contributed by atoms with Gasteiger partial charge in [-0.15, -0.1) is 10.2 Å². The highest BCUT2D eigenvalue weighted by Crippen LogP contribution is 2.29. The second-order valence-electron chi connectivity index (χ2n) is 7.60. The van der Waals surface area contributed by atoms with Crippen LogP contribution < -0.4 is 10.2 Å². The molecule has 0 spiro atoms. The number of hydrazone groups is 1. The second kappa shape index (κ2) is 13.2. The van der Waals surface area contributed by atoms with E-state index in [9.17, 15) is 4.79 Å². The Labute approximate surface area is 232 Å². The number of nitrogens with one attached hydrogen (secondary N) is 1. The molecule has 4 rings (SSSR count). The van der Waals surface area contributed by atoms with Crippen molar-refractivity contribution in [3.63, 3.8) is 0 Å². The van der Waals surface area contributed by atoms with E-state index in [0.717, 1.165) is 27.0 Å². The van der Waals surface area contributed by atoms with Crippen LogP contribution in [0.1, 0.15) is 12.5 Å². The van der Waals surface area contributed by atoms with E-state index in [1.165, 1.54) is 18.0 Å². The molecule has 1 aromatic heterocycles. The van der Waals surface area contributed by atoms with Gasteiger partial charge in [0.15, 0.2) is 11.0 Å². The van der Waals surface area contributed by atoms with Crippen molar-refractivity contribution in [2.45, 2.75) is 12.1 Å². The summed E-state index contributed by atoms with van der Waals surface area (Å²) >= 11 is 10.8. The van der Waals surface area contributed by atoms with Crippen molar-refractivity contribution in [2.75, 3.05) is 12.4 Å². The van der Waals surface area contributed by atoms with E-state index in [1.54, 1.807) is 12.1 Å². The third-order valence-corrected chi connectivity index (χ3v) is 6.57. The van der Waals surface area contributed by atoms with Gasteiger partial charge in [0, 0.05) is 20.8 Å². The molecule has 1 heterocycles. The molecular formula is C27H23BrClN5O2S. The van der Waals surface area contributed by atoms with Gasteiger partial charge in [0.25, 0.3) is 5.91 Å². The molecule has 4 aromatic rings. The molecule has 1 N–H and O–H groups in total. The first-order valence-corrected chi connectivity index (χ1v) is 13.5. The molecule has 0 saturated heterocycles. The normalized spacial score (nSPS) is 11.6. The number of carbonyl (C=O) groups is 1. The first-order valence-electron chi connectivity index (χ1n) is 11.3. The Kier molecular flexibility index (Phi) is 9.53. The molecule has 37 heavy (non-hydrogen) atoms. The van der Waals surface area contributed by atoms with E-state index >= 15 is 0 Å². The van der Waals surface area contributed by atoms with Crippen molar-refractivity contribution in [1.29, 1.82) is 0 Å². The maximum Gasteiger partial charge on any atom is 0.250 e. The molecule has 0 saturated carbocycles. The zero-order valence-electron chi connectivity index (χ0n) is 19.8. The average Bonchev–Trinajstić information content (AvgIpc) is 3.33. The molecule has 0 fully saturated rings. The van der Waals surface area contributed by atoms with Gasteiger partial charge in [-0.05, 0) is 83.0 Å². The van der Waals surface area contributed by atoms with E-state index in [2.05, 4.69) is 36.7 Å². The van der Waals surface area contributed by atoms with E-state index in [0.29, 0.717) is 22.6 Å². The van der Waals surface area contributed by atoms with Gasteiger partial charge in [-0.2, -0.15) is 5.10 Å². The molecular weight excluding hydrogens is 574 g/mol. The van der Waals surface area contributed by atoms with Gasteiger partial charge in [0.1, 0.15) is 5.75 Å². The third kappa shape index (κ3) is 7.55. The van der Waals surface area contributed by atoms with Crippen LogP contribution in [0, 0.1) is 0 Å². The van der Waals surface area contributed by atoms with Crippen molar-refractivity contribution in [2.24, 2.45) is 5.10 Å². The number of benzene rings is 3. The summed E-state index contributed by atoms with van der Waals surface area (Å²) in [7, 11) is 0. The number of allylic oxidation sites excluding steroid dienone is 1. The predicted octanol–water partition coefficient (Wildman–Crippen LogP) is 6.62. The molecule has 0 radical (unpaired) electrons. The summed E-state index contributed by atoms with van der Waals surface area (Å²) in [6.45, 7) is 2.52. The van der Waals surface area contributed by atoms with Gasteiger partial charge in [0.2, 0.25) is 0 Å². The molecule has 10 heteroatoms. The van der Waals surface area contributed by atoms with Crippen LogP contribution in [0.4, 0.5) is 0 Å². The van der Waals surface area contributed by atoms with Gasteiger partial charge in [-0.1, -0.05) is 53.7 Å². The average molecular weight is 597 g/mol. The van der Waals surface area contributed by atoms with Crippen molar-refractivity contribution in [3.05, 3.63) is 93.9 Å². The summed E-state index contributed by atoms with van der Waals surface area (Å²) in [6.07, 6.45) is 3.44. The summed E-state index contributed by atoms with van der Waals surface area (Å²) in [5.74, 6) is 1.24. The lowest BCUT2D eigenvalue weighted by molar-refractivity contribution is -0.118. The molecule has 0 aliphatic rings. The van der Waals surface area contributed by atoms with Crippen LogP contribution in [0.2, 0.25) is 5.02 Å². The van der Waals surface area contributed by atoms with Gasteiger partial charge < -0.3 is 4.74 Å². The molecule has 1 amide bonds. The van der Waals surface area contributed by atoms with Crippen LogP contribution in [0.5, 0.6) is 5.75 Å². The summed E-state index contributed by atoms with van der Waals surface area (Å²) in [4.78, 5) is 12.5. The highest BCUT2D eigenvalue weighted by atomic mass is 79.9. The molecule has 0 bridgehead atoms. The van der Waals surface area contributed by atoms with Crippen molar-refractivity contribution in [1.82, 2.24) is 20.2 Å². The second-order valence-corrected chi connectivity index (χ2v) is 9.89. The Bertz CT molecular complexity index is 1390. The van der Waals surface area contributed by atoms with Crippen LogP contribution in [0.25, 0.3) is 23.2 Å². The van der Waals surface area contributed by atoms with Crippen molar-refractivity contribution in [3.8, 4) is 22.8 Å². The summed E-state index contributed by atoms with van der Waals surface area (Å²) < 4.78 is 8.20. The largest absolute Gasteiger partial charge is 0.494 e.